The number of hydrogen-bond donors (Lipinski definition) is 1. The van der Waals surface area contributed by atoms with Crippen LogP contribution in [0.4, 0.5) is 17.6 Å². The van der Waals surface area contributed by atoms with Gasteiger partial charge in [-0.15, -0.1) is 0 Å². The SMILES string of the molecule is CC1(C(=O)NCc2cn(-c3ccc(C(F)(F)F)cc3)nc2Cl)CCCC1S(=O)(=O)c1ccc(F)cc1. The Morgan fingerprint density at radius 3 is 2.42 bits per heavy atom. The van der Waals surface area contributed by atoms with Crippen LogP contribution >= 0.6 is 11.6 Å². The van der Waals surface area contributed by atoms with Crippen LogP contribution in [0.15, 0.2) is 59.6 Å². The number of nitrogens with one attached hydrogen (secondary N) is 1. The summed E-state index contributed by atoms with van der Waals surface area (Å²) >= 11 is 6.18. The Labute approximate surface area is 210 Å². The highest BCUT2D eigenvalue weighted by molar-refractivity contribution is 7.92. The van der Waals surface area contributed by atoms with Crippen molar-refractivity contribution in [1.29, 1.82) is 0 Å². The van der Waals surface area contributed by atoms with Crippen LogP contribution in [0.3, 0.4) is 0 Å². The van der Waals surface area contributed by atoms with Crippen LogP contribution in [0.25, 0.3) is 5.69 Å². The summed E-state index contributed by atoms with van der Waals surface area (Å²) in [5.74, 6) is -1.04. The number of nitrogens with zero attached hydrogens (tertiary/aromatic N) is 2. The average molecular weight is 544 g/mol. The number of benzene rings is 2. The highest BCUT2D eigenvalue weighted by Gasteiger charge is 2.51. The van der Waals surface area contributed by atoms with E-state index in [2.05, 4.69) is 10.4 Å². The van der Waals surface area contributed by atoms with Gasteiger partial charge in [-0.1, -0.05) is 18.0 Å². The third kappa shape index (κ3) is 4.99. The molecule has 1 heterocycles. The summed E-state index contributed by atoms with van der Waals surface area (Å²) in [7, 11) is -3.90. The fourth-order valence-corrected chi connectivity index (χ4v) is 6.93. The van der Waals surface area contributed by atoms with Gasteiger partial charge in [0.1, 0.15) is 5.82 Å². The van der Waals surface area contributed by atoms with E-state index in [0.717, 1.165) is 24.3 Å². The number of aromatic nitrogens is 2. The number of hydrogen-bond acceptors (Lipinski definition) is 4. The number of amides is 1. The van der Waals surface area contributed by atoms with Crippen LogP contribution in [0.2, 0.25) is 5.15 Å². The van der Waals surface area contributed by atoms with Gasteiger partial charge in [-0.3, -0.25) is 4.79 Å². The van der Waals surface area contributed by atoms with E-state index in [-0.39, 0.29) is 23.0 Å². The normalized spacial score (nSPS) is 20.4. The Kier molecular flexibility index (Phi) is 6.91. The minimum absolute atomic E-state index is 0.0438. The molecule has 1 aliphatic carbocycles. The van der Waals surface area contributed by atoms with Gasteiger partial charge in [-0.2, -0.15) is 18.3 Å². The van der Waals surface area contributed by atoms with Crippen molar-refractivity contribution in [3.63, 3.8) is 0 Å². The second-order valence-electron chi connectivity index (χ2n) is 8.91. The van der Waals surface area contributed by atoms with Gasteiger partial charge < -0.3 is 5.32 Å². The molecule has 6 nitrogen and oxygen atoms in total. The van der Waals surface area contributed by atoms with Crippen LogP contribution in [0.5, 0.6) is 0 Å². The summed E-state index contributed by atoms with van der Waals surface area (Å²) in [6, 6.07) is 8.86. The maximum absolute atomic E-state index is 13.3. The van der Waals surface area contributed by atoms with Crippen LogP contribution in [0.1, 0.15) is 37.3 Å². The molecule has 0 bridgehead atoms. The Morgan fingerprint density at radius 2 is 1.81 bits per heavy atom. The minimum atomic E-state index is -4.46. The molecule has 1 N–H and O–H groups in total. The Morgan fingerprint density at radius 1 is 1.17 bits per heavy atom. The number of halogens is 5. The summed E-state index contributed by atoms with van der Waals surface area (Å²) in [6.45, 7) is 1.53. The zero-order valence-electron chi connectivity index (χ0n) is 19.0. The molecule has 0 spiro atoms. The fraction of sp³-hybridized carbons (Fsp3) is 0.333. The largest absolute Gasteiger partial charge is 0.416 e. The van der Waals surface area contributed by atoms with Crippen LogP contribution in [-0.4, -0.2) is 29.4 Å². The predicted octanol–water partition coefficient (Wildman–Crippen LogP) is 5.33. The molecule has 1 aromatic heterocycles. The quantitative estimate of drug-likeness (QED) is 0.336. The van der Waals surface area contributed by atoms with E-state index in [1.165, 1.54) is 35.1 Å². The molecule has 2 atom stereocenters. The molecule has 1 saturated carbocycles. The molecule has 1 fully saturated rings. The lowest BCUT2D eigenvalue weighted by molar-refractivity contribution is -0.137. The molecule has 0 saturated heterocycles. The van der Waals surface area contributed by atoms with E-state index < -0.39 is 44.0 Å². The molecule has 2 unspecified atom stereocenters. The van der Waals surface area contributed by atoms with E-state index in [4.69, 9.17) is 11.6 Å². The first-order valence-corrected chi connectivity index (χ1v) is 12.9. The molecule has 0 aliphatic heterocycles. The highest BCUT2D eigenvalue weighted by Crippen LogP contribution is 2.44. The molecule has 2 aromatic carbocycles. The topological polar surface area (TPSA) is 81.1 Å². The molecular weight excluding hydrogens is 522 g/mol. The smallest absolute Gasteiger partial charge is 0.351 e. The van der Waals surface area contributed by atoms with Crippen molar-refractivity contribution in [3.8, 4) is 5.69 Å². The average Bonchev–Trinajstić information content (AvgIpc) is 3.41. The second-order valence-corrected chi connectivity index (χ2v) is 11.4. The lowest BCUT2D eigenvalue weighted by Crippen LogP contribution is -2.46. The van der Waals surface area contributed by atoms with E-state index in [9.17, 15) is 30.8 Å². The maximum Gasteiger partial charge on any atom is 0.416 e. The molecule has 1 aliphatic rings. The number of carbonyl (C=O) groups excluding carboxylic acids is 1. The zero-order chi connectivity index (χ0) is 26.3. The van der Waals surface area contributed by atoms with Crippen molar-refractivity contribution < 1.29 is 30.8 Å². The standard InChI is InChI=1S/C24H22ClF4N3O3S/c1-23(12-2-3-20(23)36(34,35)19-10-6-17(26)7-11-19)22(33)30-13-15-14-32(31-21(15)25)18-8-4-16(5-9-18)24(27,28)29/h4-11,14,20H,2-3,12-13H2,1H3,(H,30,33). The van der Waals surface area contributed by atoms with Gasteiger partial charge in [0.2, 0.25) is 5.91 Å². The van der Waals surface area contributed by atoms with Crippen molar-refractivity contribution in [3.05, 3.63) is 76.8 Å². The van der Waals surface area contributed by atoms with E-state index >= 15 is 0 Å². The van der Waals surface area contributed by atoms with Gasteiger partial charge >= 0.3 is 6.18 Å². The molecule has 1 amide bonds. The van der Waals surface area contributed by atoms with Gasteiger partial charge in [-0.25, -0.2) is 17.5 Å². The predicted molar refractivity (Wildman–Crippen MR) is 125 cm³/mol. The fourth-order valence-electron chi connectivity index (χ4n) is 4.50. The second kappa shape index (κ2) is 9.51. The maximum atomic E-state index is 13.3. The Bertz CT molecular complexity index is 1370. The first-order chi connectivity index (χ1) is 16.8. The summed E-state index contributed by atoms with van der Waals surface area (Å²) in [5, 5.41) is 5.88. The molecule has 3 aromatic rings. The zero-order valence-corrected chi connectivity index (χ0v) is 20.6. The Balaban J connectivity index is 1.49. The van der Waals surface area contributed by atoms with Gasteiger partial charge in [0.25, 0.3) is 0 Å². The molecule has 4 rings (SSSR count). The molecule has 12 heteroatoms. The molecule has 36 heavy (non-hydrogen) atoms. The third-order valence-corrected chi connectivity index (χ3v) is 9.30. The summed E-state index contributed by atoms with van der Waals surface area (Å²) in [5.41, 5.74) is -1.27. The van der Waals surface area contributed by atoms with Crippen LogP contribution in [-0.2, 0) is 27.4 Å². The number of sulfone groups is 1. The van der Waals surface area contributed by atoms with E-state index in [0.29, 0.717) is 24.1 Å². The summed E-state index contributed by atoms with van der Waals surface area (Å²) < 4.78 is 79.4. The van der Waals surface area contributed by atoms with Crippen molar-refractivity contribution >= 4 is 27.3 Å². The van der Waals surface area contributed by atoms with Crippen molar-refractivity contribution in [2.75, 3.05) is 0 Å². The number of alkyl halides is 3. The summed E-state index contributed by atoms with van der Waals surface area (Å²) in [6.07, 6.45) is -1.82. The lowest BCUT2D eigenvalue weighted by atomic mass is 9.87. The first-order valence-electron chi connectivity index (χ1n) is 11.0. The van der Waals surface area contributed by atoms with Gasteiger partial charge in [0.05, 0.1) is 26.8 Å². The molecular formula is C24H22ClF4N3O3S. The third-order valence-electron chi connectivity index (χ3n) is 6.55. The highest BCUT2D eigenvalue weighted by atomic mass is 35.5. The van der Waals surface area contributed by atoms with Crippen LogP contribution in [0, 0.1) is 11.2 Å². The molecule has 0 radical (unpaired) electrons. The monoisotopic (exact) mass is 543 g/mol. The van der Waals surface area contributed by atoms with E-state index in [1.54, 1.807) is 6.92 Å². The first kappa shape index (κ1) is 26.2. The van der Waals surface area contributed by atoms with Gasteiger partial charge in [0, 0.05) is 18.3 Å². The Hall–Kier alpha value is -2.92. The van der Waals surface area contributed by atoms with Gasteiger partial charge in [-0.05, 0) is 68.3 Å². The molecule has 192 valence electrons. The van der Waals surface area contributed by atoms with Crippen molar-refractivity contribution in [2.45, 2.75) is 49.1 Å². The van der Waals surface area contributed by atoms with Crippen LogP contribution < -0.4 is 5.32 Å². The number of carbonyl (C=O) groups is 1. The lowest BCUT2D eigenvalue weighted by Gasteiger charge is -2.30. The van der Waals surface area contributed by atoms with Crippen molar-refractivity contribution in [1.82, 2.24) is 15.1 Å². The number of rotatable bonds is 6. The minimum Gasteiger partial charge on any atom is -0.351 e. The van der Waals surface area contributed by atoms with Gasteiger partial charge in [0.15, 0.2) is 15.0 Å². The summed E-state index contributed by atoms with van der Waals surface area (Å²) in [4.78, 5) is 13.1. The van der Waals surface area contributed by atoms with E-state index in [1.807, 2.05) is 0 Å². The van der Waals surface area contributed by atoms with Crippen molar-refractivity contribution in [2.24, 2.45) is 5.41 Å².